The van der Waals surface area contributed by atoms with Gasteiger partial charge in [0.05, 0.1) is 0 Å². The molecule has 1 fully saturated rings. The summed E-state index contributed by atoms with van der Waals surface area (Å²) in [5.41, 5.74) is 7.11. The quantitative estimate of drug-likeness (QED) is 0.912. The molecular formula is C14H17N3O2. The third-order valence-corrected chi connectivity index (χ3v) is 3.47. The van der Waals surface area contributed by atoms with Gasteiger partial charge in [0, 0.05) is 19.1 Å². The van der Waals surface area contributed by atoms with Gasteiger partial charge in [-0.1, -0.05) is 35.5 Å². The molecule has 100 valence electrons. The summed E-state index contributed by atoms with van der Waals surface area (Å²) in [6, 6.07) is 9.42. The predicted molar refractivity (Wildman–Crippen MR) is 69.6 cm³/mol. The first-order valence-corrected chi connectivity index (χ1v) is 6.56. The summed E-state index contributed by atoms with van der Waals surface area (Å²) in [5, 5.41) is 4.06. The van der Waals surface area contributed by atoms with Crippen molar-refractivity contribution in [3.8, 4) is 0 Å². The molecule has 3 rings (SSSR count). The SMILES string of the molecule is N[C@@H](c1ccccc1)c1nc(C2CCOCC2)no1. The minimum absolute atomic E-state index is 0.328. The number of nitrogens with zero attached hydrogens (tertiary/aromatic N) is 2. The second-order valence-electron chi connectivity index (χ2n) is 4.77. The number of hydrogen-bond donors (Lipinski definition) is 1. The summed E-state index contributed by atoms with van der Waals surface area (Å²) in [5.74, 6) is 1.56. The highest BCUT2D eigenvalue weighted by atomic mass is 16.5. The molecule has 1 aromatic heterocycles. The van der Waals surface area contributed by atoms with Gasteiger partial charge in [-0.3, -0.25) is 0 Å². The van der Waals surface area contributed by atoms with Crippen LogP contribution >= 0.6 is 0 Å². The molecule has 0 aliphatic carbocycles. The third-order valence-electron chi connectivity index (χ3n) is 3.47. The maximum atomic E-state index is 6.14. The van der Waals surface area contributed by atoms with Crippen molar-refractivity contribution in [2.24, 2.45) is 5.73 Å². The van der Waals surface area contributed by atoms with Crippen LogP contribution in [0.5, 0.6) is 0 Å². The van der Waals surface area contributed by atoms with Crippen LogP contribution in [0.1, 0.15) is 42.1 Å². The molecule has 5 nitrogen and oxygen atoms in total. The molecule has 2 aromatic rings. The second-order valence-corrected chi connectivity index (χ2v) is 4.77. The second kappa shape index (κ2) is 5.50. The van der Waals surface area contributed by atoms with E-state index in [1.54, 1.807) is 0 Å². The first-order valence-electron chi connectivity index (χ1n) is 6.56. The van der Waals surface area contributed by atoms with Crippen LogP contribution in [0.2, 0.25) is 0 Å². The van der Waals surface area contributed by atoms with Crippen LogP contribution in [0.25, 0.3) is 0 Å². The highest BCUT2D eigenvalue weighted by Crippen LogP contribution is 2.26. The maximum Gasteiger partial charge on any atom is 0.248 e. The first-order chi connectivity index (χ1) is 9.34. The van der Waals surface area contributed by atoms with Gasteiger partial charge in [0.15, 0.2) is 5.82 Å². The number of hydrogen-bond acceptors (Lipinski definition) is 5. The lowest BCUT2D eigenvalue weighted by Gasteiger charge is -2.18. The van der Waals surface area contributed by atoms with Crippen molar-refractivity contribution in [1.29, 1.82) is 0 Å². The van der Waals surface area contributed by atoms with Crippen LogP contribution in [-0.4, -0.2) is 23.4 Å². The Balaban J connectivity index is 1.77. The minimum atomic E-state index is -0.359. The van der Waals surface area contributed by atoms with E-state index < -0.39 is 0 Å². The van der Waals surface area contributed by atoms with Gasteiger partial charge in [0.25, 0.3) is 0 Å². The number of rotatable bonds is 3. The van der Waals surface area contributed by atoms with Crippen molar-refractivity contribution < 1.29 is 9.26 Å². The van der Waals surface area contributed by atoms with E-state index in [4.69, 9.17) is 15.0 Å². The van der Waals surface area contributed by atoms with Gasteiger partial charge >= 0.3 is 0 Å². The van der Waals surface area contributed by atoms with Crippen molar-refractivity contribution in [3.05, 3.63) is 47.6 Å². The highest BCUT2D eigenvalue weighted by Gasteiger charge is 2.23. The van der Waals surface area contributed by atoms with Gasteiger partial charge in [-0.2, -0.15) is 4.98 Å². The van der Waals surface area contributed by atoms with E-state index in [9.17, 15) is 0 Å². The van der Waals surface area contributed by atoms with Crippen LogP contribution in [0.15, 0.2) is 34.9 Å². The molecule has 0 radical (unpaired) electrons. The normalized spacial score (nSPS) is 18.4. The van der Waals surface area contributed by atoms with E-state index in [0.29, 0.717) is 11.8 Å². The summed E-state index contributed by atoms with van der Waals surface area (Å²) in [7, 11) is 0. The Kier molecular flexibility index (Phi) is 3.57. The average molecular weight is 259 g/mol. The molecule has 0 bridgehead atoms. The zero-order chi connectivity index (χ0) is 13.1. The zero-order valence-corrected chi connectivity index (χ0v) is 10.7. The van der Waals surface area contributed by atoms with Crippen molar-refractivity contribution >= 4 is 0 Å². The largest absolute Gasteiger partial charge is 0.381 e. The standard InChI is InChI=1S/C14H17N3O2/c15-12(10-4-2-1-3-5-10)14-16-13(17-19-14)11-6-8-18-9-7-11/h1-5,11-12H,6-9,15H2/t12-/m0/s1. The lowest BCUT2D eigenvalue weighted by molar-refractivity contribution is 0.0830. The average Bonchev–Trinajstić information content (AvgIpc) is 2.98. The van der Waals surface area contributed by atoms with E-state index in [0.717, 1.165) is 37.4 Å². The lowest BCUT2D eigenvalue weighted by Crippen LogP contribution is -2.16. The molecule has 1 saturated heterocycles. The topological polar surface area (TPSA) is 74.2 Å². The van der Waals surface area contributed by atoms with Gasteiger partial charge < -0.3 is 15.0 Å². The highest BCUT2D eigenvalue weighted by molar-refractivity contribution is 5.23. The molecule has 1 atom stereocenters. The summed E-state index contributed by atoms with van der Waals surface area (Å²) in [6.45, 7) is 1.53. The lowest BCUT2D eigenvalue weighted by atomic mass is 10.00. The molecule has 2 N–H and O–H groups in total. The molecule has 0 amide bonds. The van der Waals surface area contributed by atoms with E-state index in [2.05, 4.69) is 10.1 Å². The zero-order valence-electron chi connectivity index (χ0n) is 10.7. The van der Waals surface area contributed by atoms with E-state index in [-0.39, 0.29) is 6.04 Å². The molecule has 1 aliphatic heterocycles. The van der Waals surface area contributed by atoms with Crippen LogP contribution < -0.4 is 5.73 Å². The Labute approximate surface area is 111 Å². The van der Waals surface area contributed by atoms with Gasteiger partial charge in [-0.25, -0.2) is 0 Å². The van der Waals surface area contributed by atoms with Crippen molar-refractivity contribution in [2.75, 3.05) is 13.2 Å². The first kappa shape index (κ1) is 12.3. The van der Waals surface area contributed by atoms with Gasteiger partial charge in [0.2, 0.25) is 5.89 Å². The Morgan fingerprint density at radius 3 is 2.63 bits per heavy atom. The molecule has 1 aromatic carbocycles. The summed E-state index contributed by atoms with van der Waals surface area (Å²) in [4.78, 5) is 4.45. The van der Waals surface area contributed by atoms with E-state index in [1.807, 2.05) is 30.3 Å². The maximum absolute atomic E-state index is 6.14. The number of aromatic nitrogens is 2. The number of nitrogens with two attached hydrogens (primary N) is 1. The van der Waals surface area contributed by atoms with Crippen LogP contribution in [-0.2, 0) is 4.74 Å². The fourth-order valence-electron chi connectivity index (χ4n) is 2.30. The molecule has 0 saturated carbocycles. The van der Waals surface area contributed by atoms with Crippen molar-refractivity contribution in [3.63, 3.8) is 0 Å². The van der Waals surface area contributed by atoms with E-state index >= 15 is 0 Å². The third kappa shape index (κ3) is 2.67. The smallest absolute Gasteiger partial charge is 0.248 e. The number of benzene rings is 1. The molecular weight excluding hydrogens is 242 g/mol. The Bertz CT molecular complexity index is 520. The van der Waals surface area contributed by atoms with Crippen LogP contribution in [0.4, 0.5) is 0 Å². The molecule has 0 unspecified atom stereocenters. The molecule has 1 aliphatic rings. The van der Waals surface area contributed by atoms with Gasteiger partial charge in [-0.15, -0.1) is 0 Å². The number of ether oxygens (including phenoxy) is 1. The monoisotopic (exact) mass is 259 g/mol. The van der Waals surface area contributed by atoms with Gasteiger partial charge in [-0.05, 0) is 18.4 Å². The van der Waals surface area contributed by atoms with E-state index in [1.165, 1.54) is 0 Å². The Hall–Kier alpha value is -1.72. The fourth-order valence-corrected chi connectivity index (χ4v) is 2.30. The summed E-state index contributed by atoms with van der Waals surface area (Å²) < 4.78 is 10.6. The fraction of sp³-hybridized carbons (Fsp3) is 0.429. The van der Waals surface area contributed by atoms with Crippen LogP contribution in [0, 0.1) is 0 Å². The predicted octanol–water partition coefficient (Wildman–Crippen LogP) is 2.01. The minimum Gasteiger partial charge on any atom is -0.381 e. The Morgan fingerprint density at radius 1 is 1.16 bits per heavy atom. The molecule has 2 heterocycles. The Morgan fingerprint density at radius 2 is 1.89 bits per heavy atom. The summed E-state index contributed by atoms with van der Waals surface area (Å²) in [6.07, 6.45) is 1.89. The summed E-state index contributed by atoms with van der Waals surface area (Å²) >= 11 is 0. The van der Waals surface area contributed by atoms with Crippen molar-refractivity contribution in [2.45, 2.75) is 24.8 Å². The molecule has 19 heavy (non-hydrogen) atoms. The molecule has 0 spiro atoms. The molecule has 5 heteroatoms. The van der Waals surface area contributed by atoms with Crippen LogP contribution in [0.3, 0.4) is 0 Å². The van der Waals surface area contributed by atoms with Gasteiger partial charge in [0.1, 0.15) is 6.04 Å². The van der Waals surface area contributed by atoms with Crippen molar-refractivity contribution in [1.82, 2.24) is 10.1 Å².